The van der Waals surface area contributed by atoms with Crippen molar-refractivity contribution in [2.24, 2.45) is 5.92 Å². The number of likely N-dealkylation sites (N-methyl/N-ethyl adjacent to an activating group) is 1. The Morgan fingerprint density at radius 3 is 2.57 bits per heavy atom. The summed E-state index contributed by atoms with van der Waals surface area (Å²) in [6, 6.07) is 9.72. The van der Waals surface area contributed by atoms with Crippen molar-refractivity contribution in [1.29, 1.82) is 0 Å². The number of carboxylic acids is 1. The summed E-state index contributed by atoms with van der Waals surface area (Å²) in [5, 5.41) is 13.3. The number of aryl methyl sites for hydroxylation is 1. The standard InChI is InChI=1S/C25H30N6O3S/c1-16-11-12-26-22(13-16)29-21-6-4-5-19(28-21)20-14-27-25(35-20)31(15-23(32)30(2)3)18-9-7-17(8-10-18)24(33)34/h4-6,11-14,17-18H,7-10,15H2,1-3H3,(H,33,34)(H,26,28,29)/t17-,18-. The lowest BCUT2D eigenvalue weighted by Gasteiger charge is -2.36. The van der Waals surface area contributed by atoms with Crippen LogP contribution in [-0.4, -0.2) is 63.5 Å². The molecule has 1 aliphatic rings. The largest absolute Gasteiger partial charge is 0.481 e. The number of thiazole rings is 1. The highest BCUT2D eigenvalue weighted by Crippen LogP contribution is 2.36. The second-order valence-electron chi connectivity index (χ2n) is 9.02. The molecule has 2 N–H and O–H groups in total. The first-order valence-corrected chi connectivity index (χ1v) is 12.4. The predicted octanol–water partition coefficient (Wildman–Crippen LogP) is 4.19. The van der Waals surface area contributed by atoms with E-state index in [1.54, 1.807) is 31.4 Å². The van der Waals surface area contributed by atoms with Crippen molar-refractivity contribution in [2.75, 3.05) is 30.9 Å². The van der Waals surface area contributed by atoms with E-state index in [0.29, 0.717) is 31.5 Å². The number of amides is 1. The fourth-order valence-corrected chi connectivity index (χ4v) is 5.12. The molecule has 1 aliphatic carbocycles. The monoisotopic (exact) mass is 494 g/mol. The Bertz CT molecular complexity index is 1190. The average molecular weight is 495 g/mol. The van der Waals surface area contributed by atoms with Crippen LogP contribution in [-0.2, 0) is 9.59 Å². The molecular weight excluding hydrogens is 464 g/mol. The maximum Gasteiger partial charge on any atom is 0.306 e. The Labute approximate surface area is 208 Å². The molecule has 0 spiro atoms. The van der Waals surface area contributed by atoms with Gasteiger partial charge in [0.2, 0.25) is 5.91 Å². The highest BCUT2D eigenvalue weighted by molar-refractivity contribution is 7.18. The fraction of sp³-hybridized carbons (Fsp3) is 0.400. The van der Waals surface area contributed by atoms with Gasteiger partial charge in [-0.1, -0.05) is 17.4 Å². The molecule has 3 heterocycles. The van der Waals surface area contributed by atoms with Crippen LogP contribution in [0.25, 0.3) is 10.6 Å². The van der Waals surface area contributed by atoms with Gasteiger partial charge in [0.05, 0.1) is 23.0 Å². The number of pyridine rings is 2. The summed E-state index contributed by atoms with van der Waals surface area (Å²) < 4.78 is 0. The Kier molecular flexibility index (Phi) is 7.60. The van der Waals surface area contributed by atoms with Gasteiger partial charge in [-0.2, -0.15) is 0 Å². The molecule has 3 aromatic heterocycles. The highest BCUT2D eigenvalue weighted by Gasteiger charge is 2.32. The number of carbonyl (C=O) groups is 2. The molecule has 1 fully saturated rings. The van der Waals surface area contributed by atoms with Crippen LogP contribution >= 0.6 is 11.3 Å². The van der Waals surface area contributed by atoms with Gasteiger partial charge < -0.3 is 20.2 Å². The van der Waals surface area contributed by atoms with Crippen molar-refractivity contribution in [3.8, 4) is 10.6 Å². The van der Waals surface area contributed by atoms with E-state index in [4.69, 9.17) is 4.98 Å². The molecule has 0 bridgehead atoms. The summed E-state index contributed by atoms with van der Waals surface area (Å²) in [7, 11) is 3.47. The third kappa shape index (κ3) is 6.13. The fourth-order valence-electron chi connectivity index (χ4n) is 4.17. The highest BCUT2D eigenvalue weighted by atomic mass is 32.1. The molecule has 0 unspecified atom stereocenters. The van der Waals surface area contributed by atoms with Gasteiger partial charge in [-0.15, -0.1) is 0 Å². The summed E-state index contributed by atoms with van der Waals surface area (Å²) >= 11 is 1.49. The van der Waals surface area contributed by atoms with Crippen LogP contribution < -0.4 is 10.2 Å². The number of nitrogens with zero attached hydrogens (tertiary/aromatic N) is 5. The molecule has 10 heteroatoms. The minimum Gasteiger partial charge on any atom is -0.481 e. The van der Waals surface area contributed by atoms with Crippen LogP contribution in [0.3, 0.4) is 0 Å². The Balaban J connectivity index is 1.55. The zero-order valence-electron chi connectivity index (χ0n) is 20.1. The second kappa shape index (κ2) is 10.8. The zero-order chi connectivity index (χ0) is 24.9. The normalized spacial score (nSPS) is 17.6. The van der Waals surface area contributed by atoms with Crippen molar-refractivity contribution in [3.05, 3.63) is 48.3 Å². The van der Waals surface area contributed by atoms with Gasteiger partial charge in [0, 0.05) is 32.5 Å². The minimum absolute atomic E-state index is 0.0166. The van der Waals surface area contributed by atoms with Crippen molar-refractivity contribution in [1.82, 2.24) is 19.9 Å². The number of carboxylic acid groups (broad SMARTS) is 1. The van der Waals surface area contributed by atoms with Gasteiger partial charge in [0.1, 0.15) is 11.6 Å². The van der Waals surface area contributed by atoms with E-state index in [1.807, 2.05) is 42.2 Å². The summed E-state index contributed by atoms with van der Waals surface area (Å²) in [6.45, 7) is 2.22. The number of carbonyl (C=O) groups excluding carboxylic acids is 1. The molecule has 0 aromatic carbocycles. The maximum absolute atomic E-state index is 12.6. The number of rotatable bonds is 8. The number of anilines is 3. The van der Waals surface area contributed by atoms with Crippen LogP contribution in [0.15, 0.2) is 42.7 Å². The topological polar surface area (TPSA) is 112 Å². The van der Waals surface area contributed by atoms with E-state index in [0.717, 1.165) is 27.1 Å². The molecule has 0 aliphatic heterocycles. The quantitative estimate of drug-likeness (QED) is 0.480. The van der Waals surface area contributed by atoms with Gasteiger partial charge in [-0.3, -0.25) is 9.59 Å². The average Bonchev–Trinajstić information content (AvgIpc) is 3.32. The molecule has 9 nitrogen and oxygen atoms in total. The Morgan fingerprint density at radius 2 is 1.89 bits per heavy atom. The lowest BCUT2D eigenvalue weighted by Crippen LogP contribution is -2.44. The lowest BCUT2D eigenvalue weighted by molar-refractivity contribution is -0.143. The van der Waals surface area contributed by atoms with Crippen LogP contribution in [0.4, 0.5) is 16.8 Å². The minimum atomic E-state index is -0.740. The second-order valence-corrected chi connectivity index (χ2v) is 10.0. The summed E-state index contributed by atoms with van der Waals surface area (Å²) in [5.41, 5.74) is 1.88. The predicted molar refractivity (Wildman–Crippen MR) is 137 cm³/mol. The number of hydrogen-bond acceptors (Lipinski definition) is 8. The smallest absolute Gasteiger partial charge is 0.306 e. The zero-order valence-corrected chi connectivity index (χ0v) is 21.0. The summed E-state index contributed by atoms with van der Waals surface area (Å²) in [4.78, 5) is 42.2. The first-order valence-electron chi connectivity index (χ1n) is 11.6. The summed E-state index contributed by atoms with van der Waals surface area (Å²) in [5.74, 6) is 0.340. The van der Waals surface area contributed by atoms with E-state index in [9.17, 15) is 14.7 Å². The van der Waals surface area contributed by atoms with Gasteiger partial charge in [-0.25, -0.2) is 15.0 Å². The molecule has 0 saturated heterocycles. The molecule has 4 rings (SSSR count). The van der Waals surface area contributed by atoms with Crippen molar-refractivity contribution in [3.63, 3.8) is 0 Å². The number of hydrogen-bond donors (Lipinski definition) is 2. The van der Waals surface area contributed by atoms with Crippen LogP contribution in [0, 0.1) is 12.8 Å². The number of aromatic nitrogens is 3. The van der Waals surface area contributed by atoms with Gasteiger partial charge >= 0.3 is 5.97 Å². The van der Waals surface area contributed by atoms with E-state index in [1.165, 1.54) is 11.3 Å². The van der Waals surface area contributed by atoms with Gasteiger partial charge in [0.25, 0.3) is 0 Å². The van der Waals surface area contributed by atoms with Gasteiger partial charge in [-0.05, 0) is 62.4 Å². The van der Waals surface area contributed by atoms with Crippen molar-refractivity contribution < 1.29 is 14.7 Å². The SMILES string of the molecule is Cc1ccnc(Nc2cccc(-c3cnc(N(CC(=O)N(C)C)[C@H]4CC[C@H](C(=O)O)CC4)s3)n2)c1. The van der Waals surface area contributed by atoms with E-state index >= 15 is 0 Å². The molecule has 1 saturated carbocycles. The molecule has 35 heavy (non-hydrogen) atoms. The Hall–Kier alpha value is -3.53. The van der Waals surface area contributed by atoms with Gasteiger partial charge in [0.15, 0.2) is 5.13 Å². The first kappa shape index (κ1) is 24.6. The van der Waals surface area contributed by atoms with Crippen molar-refractivity contribution in [2.45, 2.75) is 38.6 Å². The van der Waals surface area contributed by atoms with Crippen LogP contribution in [0.2, 0.25) is 0 Å². The Morgan fingerprint density at radius 1 is 1.11 bits per heavy atom. The van der Waals surface area contributed by atoms with Crippen LogP contribution in [0.1, 0.15) is 31.2 Å². The number of nitrogens with one attached hydrogen (secondary N) is 1. The van der Waals surface area contributed by atoms with E-state index in [2.05, 4.69) is 15.3 Å². The molecular formula is C25H30N6O3S. The molecule has 3 aromatic rings. The number of aliphatic carboxylic acids is 1. The van der Waals surface area contributed by atoms with Crippen molar-refractivity contribution >= 4 is 40.0 Å². The molecule has 1 amide bonds. The van der Waals surface area contributed by atoms with E-state index < -0.39 is 5.97 Å². The first-order chi connectivity index (χ1) is 16.8. The van der Waals surface area contributed by atoms with E-state index in [-0.39, 0.29) is 24.4 Å². The van der Waals surface area contributed by atoms with Crippen LogP contribution in [0.5, 0.6) is 0 Å². The third-order valence-corrected chi connectivity index (χ3v) is 7.26. The maximum atomic E-state index is 12.6. The lowest BCUT2D eigenvalue weighted by atomic mass is 9.85. The molecule has 0 atom stereocenters. The summed E-state index contributed by atoms with van der Waals surface area (Å²) in [6.07, 6.45) is 6.18. The third-order valence-electron chi connectivity index (χ3n) is 6.20. The molecule has 0 radical (unpaired) electrons. The molecule has 184 valence electrons.